The third-order valence-corrected chi connectivity index (χ3v) is 4.48. The summed E-state index contributed by atoms with van der Waals surface area (Å²) in [5.41, 5.74) is 7.10. The Labute approximate surface area is 120 Å². The minimum atomic E-state index is -0.169. The zero-order valence-electron chi connectivity index (χ0n) is 10.4. The van der Waals surface area contributed by atoms with Gasteiger partial charge in [-0.25, -0.2) is 0 Å². The van der Waals surface area contributed by atoms with Gasteiger partial charge in [0.15, 0.2) is 0 Å². The average Bonchev–Trinajstić information content (AvgIpc) is 2.57. The predicted octanol–water partition coefficient (Wildman–Crippen LogP) is 3.11. The lowest BCUT2D eigenvalue weighted by Gasteiger charge is -2.30. The second-order valence-corrected chi connectivity index (χ2v) is 6.14. The van der Waals surface area contributed by atoms with Crippen molar-refractivity contribution in [2.24, 2.45) is 5.73 Å². The van der Waals surface area contributed by atoms with Crippen molar-refractivity contribution in [2.75, 3.05) is 0 Å². The maximum absolute atomic E-state index is 12.0. The molecule has 2 unspecified atom stereocenters. The van der Waals surface area contributed by atoms with Crippen molar-refractivity contribution in [3.8, 4) is 0 Å². The Morgan fingerprint density at radius 2 is 2.17 bits per heavy atom. The molecule has 0 radical (unpaired) electrons. The Hall–Kier alpha value is -0.580. The van der Waals surface area contributed by atoms with Gasteiger partial charge in [0.2, 0.25) is 5.91 Å². The van der Waals surface area contributed by atoms with Gasteiger partial charge in [-0.2, -0.15) is 0 Å². The van der Waals surface area contributed by atoms with Gasteiger partial charge in [0.05, 0.1) is 11.1 Å². The van der Waals surface area contributed by atoms with Crippen LogP contribution in [0.15, 0.2) is 22.7 Å². The Morgan fingerprint density at radius 3 is 2.72 bits per heavy atom. The maximum Gasteiger partial charge on any atom is 0.225 e. The molecule has 1 saturated heterocycles. The van der Waals surface area contributed by atoms with Crippen LogP contribution in [-0.2, 0) is 4.79 Å². The van der Waals surface area contributed by atoms with Crippen LogP contribution in [0.1, 0.15) is 31.9 Å². The molecule has 2 rings (SSSR count). The van der Waals surface area contributed by atoms with Gasteiger partial charge in [-0.15, -0.1) is 0 Å². The first-order valence-corrected chi connectivity index (χ1v) is 7.10. The minimum absolute atomic E-state index is 0.0805. The van der Waals surface area contributed by atoms with Crippen molar-refractivity contribution in [1.82, 2.24) is 4.90 Å². The highest BCUT2D eigenvalue weighted by Crippen LogP contribution is 2.36. The van der Waals surface area contributed by atoms with E-state index in [2.05, 4.69) is 15.9 Å². The fraction of sp³-hybridized carbons (Fsp3) is 0.462. The molecule has 2 N–H and O–H groups in total. The molecule has 18 heavy (non-hydrogen) atoms. The Balaban J connectivity index is 2.40. The highest BCUT2D eigenvalue weighted by Gasteiger charge is 2.39. The number of carbonyl (C=O) groups excluding carboxylic acids is 1. The lowest BCUT2D eigenvalue weighted by Crippen LogP contribution is -2.37. The summed E-state index contributed by atoms with van der Waals surface area (Å²) in [5, 5.41) is 0.641. The smallest absolute Gasteiger partial charge is 0.225 e. The van der Waals surface area contributed by atoms with Crippen LogP contribution in [-0.4, -0.2) is 22.9 Å². The first-order valence-electron chi connectivity index (χ1n) is 5.93. The molecule has 1 aromatic rings. The van der Waals surface area contributed by atoms with Gasteiger partial charge in [-0.3, -0.25) is 4.79 Å². The molecule has 1 aliphatic rings. The highest BCUT2D eigenvalue weighted by molar-refractivity contribution is 9.10. The highest BCUT2D eigenvalue weighted by atomic mass is 79.9. The molecule has 0 aliphatic carbocycles. The van der Waals surface area contributed by atoms with E-state index in [1.807, 2.05) is 36.9 Å². The summed E-state index contributed by atoms with van der Waals surface area (Å²) in [6.45, 7) is 4.01. The van der Waals surface area contributed by atoms with E-state index in [1.165, 1.54) is 0 Å². The number of nitrogens with two attached hydrogens (primary N) is 1. The maximum atomic E-state index is 12.0. The van der Waals surface area contributed by atoms with Crippen molar-refractivity contribution < 1.29 is 4.79 Å². The van der Waals surface area contributed by atoms with Gasteiger partial charge in [0.1, 0.15) is 0 Å². The number of nitrogens with zero attached hydrogens (tertiary/aromatic N) is 1. The minimum Gasteiger partial charge on any atom is -0.332 e. The quantitative estimate of drug-likeness (QED) is 0.905. The number of hydrogen-bond donors (Lipinski definition) is 1. The number of rotatable bonds is 2. The standard InChI is InChI=1S/C13H16BrClN2O/c1-7(2)17-12(18)6-11(16)13(17)8-3-4-9(14)10(15)5-8/h3-5,7,11,13H,6,16H2,1-2H3. The zero-order chi connectivity index (χ0) is 13.4. The number of carbonyl (C=O) groups is 1. The van der Waals surface area contributed by atoms with Crippen LogP contribution in [0.3, 0.4) is 0 Å². The first-order chi connectivity index (χ1) is 8.41. The fourth-order valence-corrected chi connectivity index (χ4v) is 2.93. The summed E-state index contributed by atoms with van der Waals surface area (Å²) in [4.78, 5) is 13.8. The predicted molar refractivity (Wildman–Crippen MR) is 76.5 cm³/mol. The second-order valence-electron chi connectivity index (χ2n) is 4.88. The summed E-state index contributed by atoms with van der Waals surface area (Å²) >= 11 is 9.48. The van der Waals surface area contributed by atoms with Crippen molar-refractivity contribution in [3.05, 3.63) is 33.3 Å². The van der Waals surface area contributed by atoms with Gasteiger partial charge >= 0.3 is 0 Å². The average molecular weight is 332 g/mol. The van der Waals surface area contributed by atoms with Crippen molar-refractivity contribution in [3.63, 3.8) is 0 Å². The van der Waals surface area contributed by atoms with Gasteiger partial charge in [0, 0.05) is 23.0 Å². The Morgan fingerprint density at radius 1 is 1.50 bits per heavy atom. The molecule has 1 fully saturated rings. The first kappa shape index (κ1) is 13.8. The molecule has 1 aliphatic heterocycles. The van der Waals surface area contributed by atoms with Crippen LogP contribution in [0.25, 0.3) is 0 Å². The molecule has 0 spiro atoms. The zero-order valence-corrected chi connectivity index (χ0v) is 12.7. The molecule has 0 aromatic heterocycles. The van der Waals surface area contributed by atoms with E-state index >= 15 is 0 Å². The van der Waals surface area contributed by atoms with Gasteiger partial charge in [0.25, 0.3) is 0 Å². The number of hydrogen-bond acceptors (Lipinski definition) is 2. The summed E-state index contributed by atoms with van der Waals surface area (Å²) in [6.07, 6.45) is 0.399. The Kier molecular flexibility index (Phi) is 3.99. The summed E-state index contributed by atoms with van der Waals surface area (Å²) < 4.78 is 0.849. The monoisotopic (exact) mass is 330 g/mol. The van der Waals surface area contributed by atoms with Crippen LogP contribution < -0.4 is 5.73 Å². The molecule has 1 aromatic carbocycles. The molecular formula is C13H16BrClN2O. The second kappa shape index (κ2) is 5.19. The molecule has 2 atom stereocenters. The summed E-state index contributed by atoms with van der Waals surface area (Å²) in [6, 6.07) is 5.63. The molecule has 1 amide bonds. The fourth-order valence-electron chi connectivity index (χ4n) is 2.49. The van der Waals surface area contributed by atoms with Gasteiger partial charge in [-0.05, 0) is 47.5 Å². The van der Waals surface area contributed by atoms with E-state index in [-0.39, 0.29) is 24.0 Å². The molecule has 0 bridgehead atoms. The lowest BCUT2D eigenvalue weighted by molar-refractivity contribution is -0.130. The number of likely N-dealkylation sites (tertiary alicyclic amines) is 1. The molecule has 3 nitrogen and oxygen atoms in total. The molecule has 1 heterocycles. The van der Waals surface area contributed by atoms with Crippen LogP contribution >= 0.6 is 27.5 Å². The largest absolute Gasteiger partial charge is 0.332 e. The summed E-state index contributed by atoms with van der Waals surface area (Å²) in [7, 11) is 0. The molecule has 98 valence electrons. The lowest BCUT2D eigenvalue weighted by atomic mass is 10.0. The molecule has 5 heteroatoms. The van der Waals surface area contributed by atoms with Gasteiger partial charge in [-0.1, -0.05) is 17.7 Å². The van der Waals surface area contributed by atoms with Crippen LogP contribution in [0.5, 0.6) is 0 Å². The number of halogens is 2. The third kappa shape index (κ3) is 2.42. The topological polar surface area (TPSA) is 46.3 Å². The number of amides is 1. The molecular weight excluding hydrogens is 316 g/mol. The Bertz CT molecular complexity index is 478. The van der Waals surface area contributed by atoms with E-state index < -0.39 is 0 Å². The van der Waals surface area contributed by atoms with Crippen molar-refractivity contribution in [2.45, 2.75) is 38.4 Å². The van der Waals surface area contributed by atoms with Crippen LogP contribution in [0, 0.1) is 0 Å². The summed E-state index contributed by atoms with van der Waals surface area (Å²) in [5.74, 6) is 0.113. The number of benzene rings is 1. The van der Waals surface area contributed by atoms with E-state index in [0.29, 0.717) is 11.4 Å². The third-order valence-electron chi connectivity index (χ3n) is 3.25. The van der Waals surface area contributed by atoms with Crippen molar-refractivity contribution >= 4 is 33.4 Å². The van der Waals surface area contributed by atoms with Crippen LogP contribution in [0.2, 0.25) is 5.02 Å². The van der Waals surface area contributed by atoms with Crippen LogP contribution in [0.4, 0.5) is 0 Å². The van der Waals surface area contributed by atoms with E-state index in [1.54, 1.807) is 0 Å². The molecule has 0 saturated carbocycles. The van der Waals surface area contributed by atoms with Gasteiger partial charge < -0.3 is 10.6 Å². The van der Waals surface area contributed by atoms with Crippen molar-refractivity contribution in [1.29, 1.82) is 0 Å². The van der Waals surface area contributed by atoms with E-state index in [0.717, 1.165) is 10.0 Å². The normalized spacial score (nSPS) is 24.1. The van der Waals surface area contributed by atoms with E-state index in [9.17, 15) is 4.79 Å². The van der Waals surface area contributed by atoms with E-state index in [4.69, 9.17) is 17.3 Å². The SMILES string of the molecule is CC(C)N1C(=O)CC(N)C1c1ccc(Br)c(Cl)c1.